The molecule has 0 bridgehead atoms. The summed E-state index contributed by atoms with van der Waals surface area (Å²) in [6, 6.07) is 15.2. The zero-order valence-corrected chi connectivity index (χ0v) is 13.7. The van der Waals surface area contributed by atoms with Crippen molar-refractivity contribution in [3.05, 3.63) is 70.6 Å². The van der Waals surface area contributed by atoms with Crippen molar-refractivity contribution in [3.63, 3.8) is 0 Å². The van der Waals surface area contributed by atoms with Crippen LogP contribution in [0.15, 0.2) is 63.8 Å². The first kappa shape index (κ1) is 15.9. The Morgan fingerprint density at radius 3 is 2.58 bits per heavy atom. The van der Waals surface area contributed by atoms with E-state index < -0.39 is 11.5 Å². The second-order valence-corrected chi connectivity index (χ2v) is 5.87. The molecule has 2 aromatic carbocycles. The van der Waals surface area contributed by atoms with Gasteiger partial charge in [-0.05, 0) is 36.4 Å². The van der Waals surface area contributed by atoms with Crippen LogP contribution in [0.5, 0.6) is 0 Å². The maximum atomic E-state index is 12.4. The minimum absolute atomic E-state index is 0.0632. The first-order valence-corrected chi connectivity index (χ1v) is 8.11. The summed E-state index contributed by atoms with van der Waals surface area (Å²) in [4.78, 5) is 37.8. The summed E-state index contributed by atoms with van der Waals surface area (Å²) in [5.74, 6) is -0.545. The molecule has 0 spiro atoms. The summed E-state index contributed by atoms with van der Waals surface area (Å²) in [6.07, 6.45) is 0. The molecule has 0 aliphatic carbocycles. The molecule has 26 heavy (non-hydrogen) atoms. The van der Waals surface area contributed by atoms with Crippen LogP contribution in [0.2, 0.25) is 0 Å². The number of hydrogen-bond donors (Lipinski definition) is 2. The number of hydrogen-bond acceptors (Lipinski definition) is 4. The van der Waals surface area contributed by atoms with E-state index in [0.29, 0.717) is 29.7 Å². The van der Waals surface area contributed by atoms with E-state index in [2.05, 4.69) is 10.6 Å². The van der Waals surface area contributed by atoms with Crippen molar-refractivity contribution < 1.29 is 14.0 Å². The molecule has 1 aliphatic rings. The van der Waals surface area contributed by atoms with Crippen LogP contribution in [-0.2, 0) is 0 Å². The van der Waals surface area contributed by atoms with Crippen LogP contribution in [0, 0.1) is 0 Å². The van der Waals surface area contributed by atoms with Gasteiger partial charge in [0.2, 0.25) is 0 Å². The van der Waals surface area contributed by atoms with E-state index in [-0.39, 0.29) is 11.6 Å². The third-order valence-corrected chi connectivity index (χ3v) is 4.18. The van der Waals surface area contributed by atoms with Gasteiger partial charge in [-0.2, -0.15) is 0 Å². The third-order valence-electron chi connectivity index (χ3n) is 4.18. The highest BCUT2D eigenvalue weighted by Gasteiger charge is 2.21. The van der Waals surface area contributed by atoms with E-state index in [1.54, 1.807) is 53.4 Å². The number of nitrogens with zero attached hydrogens (tertiary/aromatic N) is 1. The largest absolute Gasteiger partial charge is 0.422 e. The maximum Gasteiger partial charge on any atom is 0.349 e. The van der Waals surface area contributed by atoms with Gasteiger partial charge in [0.15, 0.2) is 0 Å². The Labute approximate surface area is 148 Å². The Morgan fingerprint density at radius 1 is 1.08 bits per heavy atom. The molecule has 7 heteroatoms. The molecule has 1 aliphatic heterocycles. The van der Waals surface area contributed by atoms with Crippen LogP contribution < -0.4 is 21.2 Å². The van der Waals surface area contributed by atoms with Crippen molar-refractivity contribution in [2.24, 2.45) is 0 Å². The van der Waals surface area contributed by atoms with Crippen molar-refractivity contribution in [2.45, 2.75) is 0 Å². The Hall–Kier alpha value is -3.61. The topological polar surface area (TPSA) is 91.7 Å². The molecule has 0 saturated carbocycles. The van der Waals surface area contributed by atoms with Gasteiger partial charge < -0.3 is 15.1 Å². The summed E-state index contributed by atoms with van der Waals surface area (Å²) in [6.45, 7) is 1.21. The first-order valence-electron chi connectivity index (χ1n) is 8.11. The number of nitrogens with one attached hydrogen (secondary N) is 2. The lowest BCUT2D eigenvalue weighted by Gasteiger charge is -2.14. The number of carbonyl (C=O) groups is 2. The van der Waals surface area contributed by atoms with Gasteiger partial charge in [-0.25, -0.2) is 9.59 Å². The average molecular weight is 349 g/mol. The van der Waals surface area contributed by atoms with Gasteiger partial charge in [0.05, 0.1) is 0 Å². The summed E-state index contributed by atoms with van der Waals surface area (Å²) >= 11 is 0. The molecule has 1 fully saturated rings. The molecule has 4 rings (SSSR count). The van der Waals surface area contributed by atoms with Gasteiger partial charge in [-0.3, -0.25) is 9.69 Å². The van der Waals surface area contributed by atoms with Gasteiger partial charge in [-0.1, -0.05) is 18.2 Å². The van der Waals surface area contributed by atoms with Crippen LogP contribution in [0.25, 0.3) is 11.0 Å². The zero-order valence-electron chi connectivity index (χ0n) is 13.7. The minimum atomic E-state index is -0.688. The maximum absolute atomic E-state index is 12.4. The molecular formula is C19H15N3O4. The molecule has 1 saturated heterocycles. The highest BCUT2D eigenvalue weighted by atomic mass is 16.4. The second kappa shape index (κ2) is 6.36. The predicted octanol–water partition coefficient (Wildman–Crippen LogP) is 2.57. The van der Waals surface area contributed by atoms with Crippen molar-refractivity contribution in [3.8, 4) is 0 Å². The molecule has 2 N–H and O–H groups in total. The molecule has 0 unspecified atom stereocenters. The fourth-order valence-corrected chi connectivity index (χ4v) is 2.86. The van der Waals surface area contributed by atoms with E-state index in [1.165, 1.54) is 6.07 Å². The lowest BCUT2D eigenvalue weighted by atomic mass is 10.1. The molecular weight excluding hydrogens is 334 g/mol. The van der Waals surface area contributed by atoms with Gasteiger partial charge in [0, 0.05) is 29.9 Å². The van der Waals surface area contributed by atoms with Crippen LogP contribution in [0.3, 0.4) is 0 Å². The molecule has 1 aromatic heterocycles. The summed E-state index contributed by atoms with van der Waals surface area (Å²) in [5.41, 5.74) is 0.940. The highest BCUT2D eigenvalue weighted by molar-refractivity contribution is 6.05. The SMILES string of the molecule is O=C(Nc1ccc(N2CCNC2=O)cc1)c1cc2ccccc2oc1=O. The van der Waals surface area contributed by atoms with Crippen LogP contribution in [0.1, 0.15) is 10.4 Å². The van der Waals surface area contributed by atoms with Crippen LogP contribution >= 0.6 is 0 Å². The van der Waals surface area contributed by atoms with Crippen molar-refractivity contribution in [1.82, 2.24) is 5.32 Å². The standard InChI is InChI=1S/C19H15N3O4/c23-17(15-11-12-3-1-2-4-16(12)26-18(15)24)21-13-5-7-14(8-6-13)22-10-9-20-19(22)25/h1-8,11H,9-10H2,(H,20,25)(H,21,23). The predicted molar refractivity (Wildman–Crippen MR) is 97.6 cm³/mol. The number of rotatable bonds is 3. The van der Waals surface area contributed by atoms with Crippen molar-refractivity contribution >= 4 is 34.3 Å². The number of anilines is 2. The normalized spacial score (nSPS) is 13.7. The van der Waals surface area contributed by atoms with Gasteiger partial charge in [-0.15, -0.1) is 0 Å². The number of amides is 3. The second-order valence-electron chi connectivity index (χ2n) is 5.87. The van der Waals surface area contributed by atoms with Crippen LogP contribution in [0.4, 0.5) is 16.2 Å². The van der Waals surface area contributed by atoms with E-state index in [0.717, 1.165) is 5.69 Å². The fourth-order valence-electron chi connectivity index (χ4n) is 2.86. The summed E-state index contributed by atoms with van der Waals surface area (Å²) in [5, 5.41) is 6.08. The molecule has 0 atom stereocenters. The summed E-state index contributed by atoms with van der Waals surface area (Å²) in [7, 11) is 0. The zero-order chi connectivity index (χ0) is 18.1. The van der Waals surface area contributed by atoms with E-state index in [4.69, 9.17) is 4.42 Å². The van der Waals surface area contributed by atoms with Gasteiger partial charge in [0.1, 0.15) is 11.1 Å². The molecule has 130 valence electrons. The smallest absolute Gasteiger partial charge is 0.349 e. The number of fused-ring (bicyclic) bond motifs is 1. The molecule has 2 heterocycles. The Bertz CT molecular complexity index is 1060. The highest BCUT2D eigenvalue weighted by Crippen LogP contribution is 2.20. The minimum Gasteiger partial charge on any atom is -0.422 e. The van der Waals surface area contributed by atoms with Crippen LogP contribution in [-0.4, -0.2) is 25.0 Å². The number of para-hydroxylation sites is 1. The molecule has 3 amide bonds. The van der Waals surface area contributed by atoms with E-state index in [9.17, 15) is 14.4 Å². The molecule has 0 radical (unpaired) electrons. The number of urea groups is 1. The van der Waals surface area contributed by atoms with E-state index >= 15 is 0 Å². The fraction of sp³-hybridized carbons (Fsp3) is 0.105. The quantitative estimate of drug-likeness (QED) is 0.711. The molecule has 7 nitrogen and oxygen atoms in total. The Morgan fingerprint density at radius 2 is 1.85 bits per heavy atom. The summed E-state index contributed by atoms with van der Waals surface area (Å²) < 4.78 is 5.18. The van der Waals surface area contributed by atoms with Gasteiger partial charge in [0.25, 0.3) is 5.91 Å². The number of benzene rings is 2. The first-order chi connectivity index (χ1) is 12.6. The monoisotopic (exact) mass is 349 g/mol. The molecule has 3 aromatic rings. The Balaban J connectivity index is 1.55. The third kappa shape index (κ3) is 2.90. The van der Waals surface area contributed by atoms with Crippen molar-refractivity contribution in [1.29, 1.82) is 0 Å². The van der Waals surface area contributed by atoms with E-state index in [1.807, 2.05) is 0 Å². The lowest BCUT2D eigenvalue weighted by molar-refractivity contribution is 0.102. The number of carbonyl (C=O) groups excluding carboxylic acids is 2. The lowest BCUT2D eigenvalue weighted by Crippen LogP contribution is -2.27. The van der Waals surface area contributed by atoms with Crippen molar-refractivity contribution in [2.75, 3.05) is 23.3 Å². The average Bonchev–Trinajstić information content (AvgIpc) is 3.07. The Kier molecular flexibility index (Phi) is 3.89. The van der Waals surface area contributed by atoms with Gasteiger partial charge >= 0.3 is 11.7 Å².